The Bertz CT molecular complexity index is 1870. The first kappa shape index (κ1) is 32.4. The van der Waals surface area contributed by atoms with Crippen molar-refractivity contribution in [2.75, 3.05) is 18.4 Å². The van der Waals surface area contributed by atoms with Crippen LogP contribution in [0.1, 0.15) is 44.9 Å². The smallest absolute Gasteiger partial charge is 0.330 e. The molecule has 0 spiro atoms. The first-order valence-electron chi connectivity index (χ1n) is 15.7. The molecule has 0 radical (unpaired) electrons. The van der Waals surface area contributed by atoms with Gasteiger partial charge >= 0.3 is 5.97 Å². The maximum atomic E-state index is 13.5. The first-order valence-corrected chi connectivity index (χ1v) is 16.1. The summed E-state index contributed by atoms with van der Waals surface area (Å²) >= 11 is 6.53. The number of hydroxylamine groups is 2. The Morgan fingerprint density at radius 3 is 2.64 bits per heavy atom. The Balaban J connectivity index is 1.07. The van der Waals surface area contributed by atoms with Crippen LogP contribution in [0.3, 0.4) is 0 Å². The van der Waals surface area contributed by atoms with Gasteiger partial charge in [-0.25, -0.2) is 19.2 Å². The van der Waals surface area contributed by atoms with Crippen molar-refractivity contribution in [2.45, 2.75) is 52.8 Å². The third kappa shape index (κ3) is 8.26. The number of halogens is 2. The van der Waals surface area contributed by atoms with E-state index in [2.05, 4.69) is 43.8 Å². The van der Waals surface area contributed by atoms with Crippen LogP contribution in [0.5, 0.6) is 5.75 Å². The second-order valence-corrected chi connectivity index (χ2v) is 13.2. The Morgan fingerprint density at radius 1 is 1.04 bits per heavy atom. The minimum atomic E-state index is -0.513. The lowest BCUT2D eigenvalue weighted by Crippen LogP contribution is -2.44. The number of aromatic nitrogens is 3. The van der Waals surface area contributed by atoms with Crippen molar-refractivity contribution < 1.29 is 18.8 Å². The van der Waals surface area contributed by atoms with Gasteiger partial charge in [-0.3, -0.25) is 0 Å². The molecular formula is C36H38ClFN6O3. The number of nitrogens with zero attached hydrogens (tertiary/aromatic N) is 3. The standard InChI is InChI=1S/C36H38ClFN6O3/c1-36(2,3)35(45)47-44-13-11-27(12-14-44)40-20-29-16-25(19-39-29)24-7-9-32-30(17-24)34(42-22-41-32)43-28-8-10-33(31(37)18-28)46-21-23-5-4-6-26(38)15-23/h4-10,15-19,22,27,39-40H,11-14,20-21H2,1-3H3,(H,41,42,43). The second-order valence-electron chi connectivity index (χ2n) is 12.8. The van der Waals surface area contributed by atoms with Crippen molar-refractivity contribution >= 4 is 40.0 Å². The number of carbonyl (C=O) groups is 1. The number of hydrogen-bond acceptors (Lipinski definition) is 8. The van der Waals surface area contributed by atoms with Crippen molar-refractivity contribution in [3.8, 4) is 16.9 Å². The van der Waals surface area contributed by atoms with Gasteiger partial charge in [-0.15, -0.1) is 5.06 Å². The summed E-state index contributed by atoms with van der Waals surface area (Å²) in [4.78, 5) is 30.1. The number of carbonyl (C=O) groups excluding carboxylic acids is 1. The number of ether oxygens (including phenoxy) is 1. The summed E-state index contributed by atoms with van der Waals surface area (Å²) in [5.74, 6) is 0.644. The average molecular weight is 657 g/mol. The van der Waals surface area contributed by atoms with E-state index in [1.807, 2.05) is 39.1 Å². The number of hydrogen-bond donors (Lipinski definition) is 3. The van der Waals surface area contributed by atoms with Crippen LogP contribution in [-0.4, -0.2) is 45.1 Å². The maximum absolute atomic E-state index is 13.5. The van der Waals surface area contributed by atoms with Gasteiger partial charge in [0.2, 0.25) is 0 Å². The Kier molecular flexibility index (Phi) is 9.72. The molecule has 1 fully saturated rings. The van der Waals surface area contributed by atoms with Gasteiger partial charge in [0.05, 0.1) is 16.0 Å². The van der Waals surface area contributed by atoms with Gasteiger partial charge in [-0.2, -0.15) is 0 Å². The molecule has 0 amide bonds. The van der Waals surface area contributed by atoms with Gasteiger partial charge in [0.1, 0.15) is 30.3 Å². The molecular weight excluding hydrogens is 619 g/mol. The fourth-order valence-corrected chi connectivity index (χ4v) is 5.56. The van der Waals surface area contributed by atoms with Crippen molar-refractivity contribution in [1.29, 1.82) is 0 Å². The zero-order chi connectivity index (χ0) is 33.0. The summed E-state index contributed by atoms with van der Waals surface area (Å²) in [6.07, 6.45) is 5.34. The number of rotatable bonds is 10. The molecule has 1 saturated heterocycles. The quantitative estimate of drug-likeness (QED) is 0.140. The summed E-state index contributed by atoms with van der Waals surface area (Å²) in [5.41, 5.74) is 4.93. The lowest BCUT2D eigenvalue weighted by Gasteiger charge is -2.32. The summed E-state index contributed by atoms with van der Waals surface area (Å²) in [7, 11) is 0. The van der Waals surface area contributed by atoms with Crippen LogP contribution in [0, 0.1) is 11.2 Å². The van der Waals surface area contributed by atoms with Crippen LogP contribution in [0.4, 0.5) is 15.9 Å². The highest BCUT2D eigenvalue weighted by Gasteiger charge is 2.28. The molecule has 3 N–H and O–H groups in total. The lowest BCUT2D eigenvalue weighted by molar-refractivity contribution is -0.204. The number of aromatic amines is 1. The molecule has 11 heteroatoms. The third-order valence-electron chi connectivity index (χ3n) is 8.05. The molecule has 9 nitrogen and oxygen atoms in total. The van der Waals surface area contributed by atoms with Gasteiger partial charge < -0.3 is 25.2 Å². The normalized spacial score (nSPS) is 14.3. The molecule has 1 aliphatic rings. The molecule has 244 valence electrons. The van der Waals surface area contributed by atoms with Gasteiger partial charge in [0.25, 0.3) is 0 Å². The molecule has 2 aromatic heterocycles. The Hall–Kier alpha value is -4.51. The number of anilines is 2. The molecule has 6 rings (SSSR count). The van der Waals surface area contributed by atoms with E-state index in [1.165, 1.54) is 18.5 Å². The molecule has 47 heavy (non-hydrogen) atoms. The molecule has 3 heterocycles. The van der Waals surface area contributed by atoms with Crippen LogP contribution in [-0.2, 0) is 22.8 Å². The van der Waals surface area contributed by atoms with E-state index in [-0.39, 0.29) is 18.4 Å². The Labute approximate surface area is 278 Å². The monoisotopic (exact) mass is 656 g/mol. The summed E-state index contributed by atoms with van der Waals surface area (Å²) in [5, 5.41) is 10.1. The van der Waals surface area contributed by atoms with E-state index in [0.717, 1.165) is 51.8 Å². The Morgan fingerprint density at radius 2 is 1.87 bits per heavy atom. The van der Waals surface area contributed by atoms with E-state index in [4.69, 9.17) is 21.2 Å². The van der Waals surface area contributed by atoms with Crippen LogP contribution in [0.2, 0.25) is 5.02 Å². The van der Waals surface area contributed by atoms with Gasteiger partial charge in [-0.05, 0) is 98.8 Å². The first-order chi connectivity index (χ1) is 22.6. The van der Waals surface area contributed by atoms with E-state index in [0.29, 0.717) is 42.3 Å². The third-order valence-corrected chi connectivity index (χ3v) is 8.34. The van der Waals surface area contributed by atoms with Gasteiger partial charge in [-0.1, -0.05) is 29.8 Å². The second kappa shape index (κ2) is 14.1. The number of nitrogens with one attached hydrogen (secondary N) is 3. The van der Waals surface area contributed by atoms with Crippen molar-refractivity contribution in [3.63, 3.8) is 0 Å². The molecule has 0 saturated carbocycles. The number of fused-ring (bicyclic) bond motifs is 1. The fraction of sp³-hybridized carbons (Fsp3) is 0.306. The maximum Gasteiger partial charge on any atom is 0.330 e. The number of piperidine rings is 1. The van der Waals surface area contributed by atoms with Crippen LogP contribution >= 0.6 is 11.6 Å². The van der Waals surface area contributed by atoms with Gasteiger partial charge in [0, 0.05) is 48.6 Å². The van der Waals surface area contributed by atoms with Crippen molar-refractivity contribution in [3.05, 3.63) is 101 Å². The predicted molar refractivity (Wildman–Crippen MR) is 182 cm³/mol. The molecule has 0 atom stereocenters. The minimum absolute atomic E-state index is 0.199. The van der Waals surface area contributed by atoms with Crippen LogP contribution < -0.4 is 15.4 Å². The average Bonchev–Trinajstić information content (AvgIpc) is 3.53. The molecule has 0 bridgehead atoms. The predicted octanol–water partition coefficient (Wildman–Crippen LogP) is 7.80. The van der Waals surface area contributed by atoms with E-state index >= 15 is 0 Å². The van der Waals surface area contributed by atoms with E-state index < -0.39 is 5.41 Å². The van der Waals surface area contributed by atoms with Crippen LogP contribution in [0.25, 0.3) is 22.0 Å². The molecule has 1 aliphatic heterocycles. The highest BCUT2D eigenvalue weighted by molar-refractivity contribution is 6.32. The molecule has 0 aliphatic carbocycles. The van der Waals surface area contributed by atoms with E-state index in [1.54, 1.807) is 29.3 Å². The van der Waals surface area contributed by atoms with Crippen LogP contribution in [0.15, 0.2) is 79.3 Å². The summed E-state index contributed by atoms with van der Waals surface area (Å²) in [6.45, 7) is 7.93. The molecule has 0 unspecified atom stereocenters. The van der Waals surface area contributed by atoms with E-state index in [9.17, 15) is 9.18 Å². The summed E-state index contributed by atoms with van der Waals surface area (Å²) in [6, 6.07) is 20.3. The molecule has 3 aromatic carbocycles. The fourth-order valence-electron chi connectivity index (χ4n) is 5.33. The highest BCUT2D eigenvalue weighted by Crippen LogP contribution is 2.32. The lowest BCUT2D eigenvalue weighted by atomic mass is 9.98. The largest absolute Gasteiger partial charge is 0.487 e. The number of H-pyrrole nitrogens is 1. The number of benzene rings is 3. The minimum Gasteiger partial charge on any atom is -0.487 e. The molecule has 5 aromatic rings. The van der Waals surface area contributed by atoms with Crippen molar-refractivity contribution in [2.24, 2.45) is 5.41 Å². The van der Waals surface area contributed by atoms with Gasteiger partial charge in [0.15, 0.2) is 0 Å². The zero-order valence-electron chi connectivity index (χ0n) is 26.6. The summed E-state index contributed by atoms with van der Waals surface area (Å²) < 4.78 is 19.3. The van der Waals surface area contributed by atoms with Crippen molar-refractivity contribution in [1.82, 2.24) is 25.3 Å². The topological polar surface area (TPSA) is 104 Å². The highest BCUT2D eigenvalue weighted by atomic mass is 35.5. The zero-order valence-corrected chi connectivity index (χ0v) is 27.4. The SMILES string of the molecule is CC(C)(C)C(=O)ON1CCC(NCc2cc(-c3ccc4ncnc(Nc5ccc(OCc6cccc(F)c6)c(Cl)c5)c4c3)c[nH]2)CC1.